The third kappa shape index (κ3) is 4.75. The minimum Gasteiger partial charge on any atom is -0.488 e. The van der Waals surface area contributed by atoms with E-state index in [2.05, 4.69) is 30.2 Å². The lowest BCUT2D eigenvalue weighted by Gasteiger charge is -2.33. The first-order valence-electron chi connectivity index (χ1n) is 11.8. The number of nitrogens with zero attached hydrogens (tertiary/aromatic N) is 1. The van der Waals surface area contributed by atoms with E-state index in [0.29, 0.717) is 25.2 Å². The van der Waals surface area contributed by atoms with Gasteiger partial charge in [-0.05, 0) is 68.9 Å². The second-order valence-electron chi connectivity index (χ2n) is 9.88. The molecule has 1 fully saturated rings. The summed E-state index contributed by atoms with van der Waals surface area (Å²) in [6.07, 6.45) is 3.85. The van der Waals surface area contributed by atoms with Gasteiger partial charge in [-0.3, -0.25) is 9.59 Å². The second kappa shape index (κ2) is 8.58. The summed E-state index contributed by atoms with van der Waals surface area (Å²) in [6, 6.07) is 16.0. The third-order valence-corrected chi connectivity index (χ3v) is 6.78. The molecule has 1 saturated heterocycles. The molecule has 2 amide bonds. The van der Waals surface area contributed by atoms with Gasteiger partial charge in [0.15, 0.2) is 0 Å². The number of benzene rings is 2. The van der Waals surface area contributed by atoms with Gasteiger partial charge in [0.2, 0.25) is 5.91 Å². The number of aromatic amines is 1. The van der Waals surface area contributed by atoms with Gasteiger partial charge in [-0.25, -0.2) is 0 Å². The smallest absolute Gasteiger partial charge is 0.270 e. The largest absolute Gasteiger partial charge is 0.488 e. The number of carbonyl (C=O) groups excluding carboxylic acids is 2. The number of fused-ring (bicyclic) bond motifs is 2. The van der Waals surface area contributed by atoms with Crippen molar-refractivity contribution >= 4 is 22.7 Å². The maximum atomic E-state index is 12.9. The maximum Gasteiger partial charge on any atom is 0.270 e. The molecule has 2 aliphatic heterocycles. The molecule has 3 heterocycles. The highest BCUT2D eigenvalue weighted by atomic mass is 16.5. The van der Waals surface area contributed by atoms with E-state index in [1.54, 1.807) is 0 Å². The Balaban J connectivity index is 1.13. The first-order chi connectivity index (χ1) is 15.9. The molecule has 33 heavy (non-hydrogen) atoms. The molecule has 2 N–H and O–H groups in total. The van der Waals surface area contributed by atoms with Crippen LogP contribution >= 0.6 is 0 Å². The van der Waals surface area contributed by atoms with Crippen LogP contribution in [0.4, 0.5) is 0 Å². The number of para-hydroxylation sites is 1. The predicted molar refractivity (Wildman–Crippen MR) is 129 cm³/mol. The van der Waals surface area contributed by atoms with Crippen LogP contribution in [0.5, 0.6) is 5.75 Å². The van der Waals surface area contributed by atoms with Crippen LogP contribution in [0.1, 0.15) is 54.7 Å². The molecule has 0 spiro atoms. The molecule has 0 saturated carbocycles. The van der Waals surface area contributed by atoms with Gasteiger partial charge in [0.25, 0.3) is 5.91 Å². The number of H-pyrrole nitrogens is 1. The number of ether oxygens (including phenoxy) is 1. The Bertz CT molecular complexity index is 1160. The Hall–Kier alpha value is -3.28. The van der Waals surface area contributed by atoms with Crippen LogP contribution < -0.4 is 10.1 Å². The minimum absolute atomic E-state index is 0.0235. The van der Waals surface area contributed by atoms with E-state index in [-0.39, 0.29) is 23.5 Å². The zero-order valence-corrected chi connectivity index (χ0v) is 19.3. The highest BCUT2D eigenvalue weighted by Gasteiger charge is 2.27. The SMILES string of the molecule is CC1(C)CCc2cc(CC(=O)NC3CCN(C(=O)c4cc5ccccc5[nH]4)CC3)ccc2O1. The number of rotatable bonds is 4. The first kappa shape index (κ1) is 21.6. The van der Waals surface area contributed by atoms with Crippen molar-refractivity contribution in [1.29, 1.82) is 0 Å². The topological polar surface area (TPSA) is 74.4 Å². The Morgan fingerprint density at radius 1 is 1.12 bits per heavy atom. The standard InChI is InChI=1S/C27H31N3O3/c1-27(2)12-9-20-15-18(7-8-24(20)33-27)16-25(31)28-21-10-13-30(14-11-21)26(32)23-17-19-5-3-4-6-22(19)29-23/h3-8,15,17,21,29H,9-14,16H2,1-2H3,(H,28,31). The van der Waals surface area contributed by atoms with Crippen molar-refractivity contribution < 1.29 is 14.3 Å². The van der Waals surface area contributed by atoms with Gasteiger partial charge in [0, 0.05) is 30.0 Å². The maximum absolute atomic E-state index is 12.9. The molecular formula is C27H31N3O3. The van der Waals surface area contributed by atoms with Crippen molar-refractivity contribution in [2.24, 2.45) is 0 Å². The van der Waals surface area contributed by atoms with Gasteiger partial charge in [-0.1, -0.05) is 30.3 Å². The fraction of sp³-hybridized carbons (Fsp3) is 0.407. The zero-order chi connectivity index (χ0) is 23.0. The van der Waals surface area contributed by atoms with Crippen LogP contribution in [0, 0.1) is 0 Å². The highest BCUT2D eigenvalue weighted by Crippen LogP contribution is 2.33. The summed E-state index contributed by atoms with van der Waals surface area (Å²) in [4.78, 5) is 30.6. The molecule has 1 aromatic heterocycles. The molecule has 0 aliphatic carbocycles. The predicted octanol–water partition coefficient (Wildman–Crippen LogP) is 4.24. The number of nitrogens with one attached hydrogen (secondary N) is 2. The van der Waals surface area contributed by atoms with E-state index >= 15 is 0 Å². The summed E-state index contributed by atoms with van der Waals surface area (Å²) in [5, 5.41) is 4.21. The molecule has 2 aliphatic rings. The van der Waals surface area contributed by atoms with Gasteiger partial charge >= 0.3 is 0 Å². The summed E-state index contributed by atoms with van der Waals surface area (Å²) >= 11 is 0. The molecule has 3 aromatic rings. The molecule has 6 nitrogen and oxygen atoms in total. The minimum atomic E-state index is -0.128. The molecule has 0 unspecified atom stereocenters. The summed E-state index contributed by atoms with van der Waals surface area (Å²) in [5.74, 6) is 0.991. The van der Waals surface area contributed by atoms with Crippen LogP contribution in [0.2, 0.25) is 0 Å². The van der Waals surface area contributed by atoms with E-state index < -0.39 is 0 Å². The van der Waals surface area contributed by atoms with E-state index in [4.69, 9.17) is 4.74 Å². The average molecular weight is 446 g/mol. The van der Waals surface area contributed by atoms with Crippen molar-refractivity contribution in [3.63, 3.8) is 0 Å². The third-order valence-electron chi connectivity index (χ3n) is 6.78. The number of hydrogen-bond acceptors (Lipinski definition) is 3. The Kier molecular flexibility index (Phi) is 5.60. The zero-order valence-electron chi connectivity index (χ0n) is 19.3. The highest BCUT2D eigenvalue weighted by molar-refractivity contribution is 5.98. The molecule has 172 valence electrons. The number of aryl methyl sites for hydroxylation is 1. The molecule has 2 aromatic carbocycles. The number of carbonyl (C=O) groups is 2. The first-order valence-corrected chi connectivity index (χ1v) is 11.8. The van der Waals surface area contributed by atoms with Gasteiger partial charge < -0.3 is 19.9 Å². The molecular weight excluding hydrogens is 414 g/mol. The monoisotopic (exact) mass is 445 g/mol. The van der Waals surface area contributed by atoms with Gasteiger partial charge in [0.1, 0.15) is 17.0 Å². The molecule has 0 radical (unpaired) electrons. The van der Waals surface area contributed by atoms with Crippen LogP contribution in [0.3, 0.4) is 0 Å². The van der Waals surface area contributed by atoms with Gasteiger partial charge in [-0.2, -0.15) is 0 Å². The number of piperidine rings is 1. The van der Waals surface area contributed by atoms with Gasteiger partial charge in [-0.15, -0.1) is 0 Å². The Morgan fingerprint density at radius 2 is 1.91 bits per heavy atom. The van der Waals surface area contributed by atoms with E-state index in [1.807, 2.05) is 47.4 Å². The van der Waals surface area contributed by atoms with E-state index in [9.17, 15) is 9.59 Å². The van der Waals surface area contributed by atoms with E-state index in [0.717, 1.165) is 47.9 Å². The van der Waals surface area contributed by atoms with Crippen molar-refractivity contribution in [1.82, 2.24) is 15.2 Å². The van der Waals surface area contributed by atoms with Crippen molar-refractivity contribution in [3.05, 3.63) is 65.4 Å². The number of amides is 2. The Labute approximate surface area is 194 Å². The van der Waals surface area contributed by atoms with Crippen LogP contribution in [0.15, 0.2) is 48.5 Å². The Morgan fingerprint density at radius 3 is 2.70 bits per heavy atom. The lowest BCUT2D eigenvalue weighted by atomic mass is 9.93. The summed E-state index contributed by atoms with van der Waals surface area (Å²) in [6.45, 7) is 5.50. The number of aromatic nitrogens is 1. The average Bonchev–Trinajstić information content (AvgIpc) is 3.23. The van der Waals surface area contributed by atoms with Crippen molar-refractivity contribution in [2.75, 3.05) is 13.1 Å². The van der Waals surface area contributed by atoms with Crippen LogP contribution in [0.25, 0.3) is 10.9 Å². The quantitative estimate of drug-likeness (QED) is 0.631. The lowest BCUT2D eigenvalue weighted by molar-refractivity contribution is -0.121. The fourth-order valence-corrected chi connectivity index (χ4v) is 4.87. The van der Waals surface area contributed by atoms with Gasteiger partial charge in [0.05, 0.1) is 6.42 Å². The normalized spacial score (nSPS) is 17.9. The van der Waals surface area contributed by atoms with Crippen LogP contribution in [-0.4, -0.2) is 46.4 Å². The summed E-state index contributed by atoms with van der Waals surface area (Å²) < 4.78 is 6.04. The summed E-state index contributed by atoms with van der Waals surface area (Å²) in [5.41, 5.74) is 3.67. The van der Waals surface area contributed by atoms with Crippen LogP contribution in [-0.2, 0) is 17.6 Å². The molecule has 0 atom stereocenters. The lowest BCUT2D eigenvalue weighted by Crippen LogP contribution is -2.47. The molecule has 0 bridgehead atoms. The van der Waals surface area contributed by atoms with E-state index in [1.165, 1.54) is 5.56 Å². The van der Waals surface area contributed by atoms with Crippen molar-refractivity contribution in [2.45, 2.75) is 57.6 Å². The fourth-order valence-electron chi connectivity index (χ4n) is 4.87. The number of likely N-dealkylation sites (tertiary alicyclic amines) is 1. The number of hydrogen-bond donors (Lipinski definition) is 2. The second-order valence-corrected chi connectivity index (χ2v) is 9.88. The summed E-state index contributed by atoms with van der Waals surface area (Å²) in [7, 11) is 0. The van der Waals surface area contributed by atoms with Crippen molar-refractivity contribution in [3.8, 4) is 5.75 Å². The molecule has 5 rings (SSSR count). The molecule has 6 heteroatoms.